The van der Waals surface area contributed by atoms with Crippen LogP contribution in [-0.2, 0) is 5.75 Å². The Hall–Kier alpha value is -0.290. The van der Waals surface area contributed by atoms with Gasteiger partial charge in [0, 0.05) is 21.6 Å². The third-order valence-corrected chi connectivity index (χ3v) is 5.92. The van der Waals surface area contributed by atoms with Crippen LogP contribution in [0.2, 0.25) is 0 Å². The number of nitrogens with one attached hydrogen (secondary N) is 1. The van der Waals surface area contributed by atoms with E-state index in [4.69, 9.17) is 0 Å². The largest absolute Gasteiger partial charge is 0.310 e. The van der Waals surface area contributed by atoms with E-state index in [0.29, 0.717) is 6.04 Å². The number of rotatable bonds is 7. The second-order valence-electron chi connectivity index (χ2n) is 4.74. The van der Waals surface area contributed by atoms with Crippen molar-refractivity contribution in [2.75, 3.05) is 6.54 Å². The van der Waals surface area contributed by atoms with Gasteiger partial charge >= 0.3 is 0 Å². The summed E-state index contributed by atoms with van der Waals surface area (Å²) in [5.41, 5.74) is 1.37. The average molecular weight is 370 g/mol. The SMILES string of the molecule is CCCNC(C)c1cccc(SCc2ccc(Br)s2)c1. The van der Waals surface area contributed by atoms with Gasteiger partial charge in [-0.15, -0.1) is 23.1 Å². The predicted molar refractivity (Wildman–Crippen MR) is 94.7 cm³/mol. The summed E-state index contributed by atoms with van der Waals surface area (Å²) >= 11 is 7.23. The Morgan fingerprint density at radius 2 is 2.15 bits per heavy atom. The van der Waals surface area contributed by atoms with E-state index in [1.54, 1.807) is 0 Å². The first-order chi connectivity index (χ1) is 9.69. The Kier molecular flexibility index (Phi) is 6.62. The molecule has 0 saturated carbocycles. The van der Waals surface area contributed by atoms with Crippen molar-refractivity contribution in [1.29, 1.82) is 0 Å². The Balaban J connectivity index is 1.95. The first kappa shape index (κ1) is 16.1. The lowest BCUT2D eigenvalue weighted by Crippen LogP contribution is -2.19. The fourth-order valence-electron chi connectivity index (χ4n) is 1.94. The van der Waals surface area contributed by atoms with Crippen molar-refractivity contribution in [3.05, 3.63) is 50.6 Å². The lowest BCUT2D eigenvalue weighted by molar-refractivity contribution is 0.570. The predicted octanol–water partition coefficient (Wildman–Crippen LogP) is 5.86. The fourth-order valence-corrected chi connectivity index (χ4v) is 4.43. The number of thiophene rings is 1. The van der Waals surface area contributed by atoms with Gasteiger partial charge in [0.25, 0.3) is 0 Å². The summed E-state index contributed by atoms with van der Waals surface area (Å²) in [5, 5.41) is 3.54. The molecule has 2 aromatic rings. The third kappa shape index (κ3) is 4.92. The summed E-state index contributed by atoms with van der Waals surface area (Å²) in [7, 11) is 0. The Bertz CT molecular complexity index is 539. The molecule has 1 unspecified atom stereocenters. The molecule has 4 heteroatoms. The van der Waals surface area contributed by atoms with Crippen LogP contribution in [0.4, 0.5) is 0 Å². The monoisotopic (exact) mass is 369 g/mol. The molecule has 1 nitrogen and oxygen atoms in total. The summed E-state index contributed by atoms with van der Waals surface area (Å²) in [6.07, 6.45) is 1.17. The first-order valence-electron chi connectivity index (χ1n) is 6.89. The summed E-state index contributed by atoms with van der Waals surface area (Å²) in [6, 6.07) is 13.6. The molecule has 0 fully saturated rings. The zero-order valence-electron chi connectivity index (χ0n) is 11.9. The van der Waals surface area contributed by atoms with Crippen LogP contribution in [0.3, 0.4) is 0 Å². The van der Waals surface area contributed by atoms with Crippen molar-refractivity contribution in [2.24, 2.45) is 0 Å². The average Bonchev–Trinajstić information content (AvgIpc) is 2.88. The zero-order chi connectivity index (χ0) is 14.4. The molecule has 1 N–H and O–H groups in total. The van der Waals surface area contributed by atoms with E-state index in [0.717, 1.165) is 12.3 Å². The van der Waals surface area contributed by atoms with Crippen molar-refractivity contribution in [2.45, 2.75) is 37.0 Å². The minimum Gasteiger partial charge on any atom is -0.310 e. The molecular formula is C16H20BrNS2. The molecule has 1 aromatic heterocycles. The van der Waals surface area contributed by atoms with Crippen LogP contribution >= 0.6 is 39.0 Å². The third-order valence-electron chi connectivity index (χ3n) is 3.07. The molecule has 1 aromatic carbocycles. The van der Waals surface area contributed by atoms with Crippen LogP contribution in [0.25, 0.3) is 0 Å². The standard InChI is InChI=1S/C16H20BrNS2/c1-3-9-18-12(2)13-5-4-6-14(10-13)19-11-15-7-8-16(17)20-15/h4-8,10,12,18H,3,9,11H2,1-2H3. The topological polar surface area (TPSA) is 12.0 Å². The van der Waals surface area contributed by atoms with Crippen molar-refractivity contribution < 1.29 is 0 Å². The molecule has 1 heterocycles. The van der Waals surface area contributed by atoms with E-state index in [2.05, 4.69) is 71.5 Å². The lowest BCUT2D eigenvalue weighted by atomic mass is 10.1. The van der Waals surface area contributed by atoms with Gasteiger partial charge in [-0.05, 0) is 65.6 Å². The number of hydrogen-bond acceptors (Lipinski definition) is 3. The molecule has 0 bridgehead atoms. The van der Waals surface area contributed by atoms with Crippen molar-refractivity contribution in [3.8, 4) is 0 Å². The van der Waals surface area contributed by atoms with E-state index < -0.39 is 0 Å². The maximum Gasteiger partial charge on any atom is 0.0701 e. The van der Waals surface area contributed by atoms with Crippen LogP contribution in [0.5, 0.6) is 0 Å². The second-order valence-corrected chi connectivity index (χ2v) is 8.34. The van der Waals surface area contributed by atoms with E-state index in [-0.39, 0.29) is 0 Å². The second kappa shape index (κ2) is 8.23. The van der Waals surface area contributed by atoms with E-state index in [9.17, 15) is 0 Å². The highest BCUT2D eigenvalue weighted by atomic mass is 79.9. The lowest BCUT2D eigenvalue weighted by Gasteiger charge is -2.14. The van der Waals surface area contributed by atoms with Crippen LogP contribution in [-0.4, -0.2) is 6.54 Å². The van der Waals surface area contributed by atoms with Gasteiger partial charge in [0.2, 0.25) is 0 Å². The molecule has 2 rings (SSSR count). The van der Waals surface area contributed by atoms with Gasteiger partial charge in [-0.1, -0.05) is 19.1 Å². The zero-order valence-corrected chi connectivity index (χ0v) is 15.1. The van der Waals surface area contributed by atoms with Crippen molar-refractivity contribution in [3.63, 3.8) is 0 Å². The van der Waals surface area contributed by atoms with E-state index >= 15 is 0 Å². The van der Waals surface area contributed by atoms with Crippen LogP contribution in [0, 0.1) is 0 Å². The van der Waals surface area contributed by atoms with E-state index in [1.807, 2.05) is 23.1 Å². The highest BCUT2D eigenvalue weighted by molar-refractivity contribution is 9.11. The van der Waals surface area contributed by atoms with Gasteiger partial charge in [-0.25, -0.2) is 0 Å². The van der Waals surface area contributed by atoms with Gasteiger partial charge in [0.15, 0.2) is 0 Å². The molecule has 0 aliphatic rings. The summed E-state index contributed by atoms with van der Waals surface area (Å²) in [6.45, 7) is 5.50. The Labute approximate surface area is 138 Å². The summed E-state index contributed by atoms with van der Waals surface area (Å²) < 4.78 is 1.21. The summed E-state index contributed by atoms with van der Waals surface area (Å²) in [4.78, 5) is 2.75. The number of benzene rings is 1. The highest BCUT2D eigenvalue weighted by Gasteiger charge is 2.05. The Morgan fingerprint density at radius 3 is 2.85 bits per heavy atom. The normalized spacial score (nSPS) is 12.6. The smallest absolute Gasteiger partial charge is 0.0701 e. The maximum atomic E-state index is 3.54. The molecule has 0 aliphatic heterocycles. The first-order valence-corrected chi connectivity index (χ1v) is 9.49. The van der Waals surface area contributed by atoms with Gasteiger partial charge in [0.1, 0.15) is 0 Å². The van der Waals surface area contributed by atoms with E-state index in [1.165, 1.54) is 25.5 Å². The number of thioether (sulfide) groups is 1. The molecule has 0 radical (unpaired) electrons. The molecule has 0 aliphatic carbocycles. The number of hydrogen-bond donors (Lipinski definition) is 1. The minimum atomic E-state index is 0.423. The molecule has 20 heavy (non-hydrogen) atoms. The Morgan fingerprint density at radius 1 is 1.30 bits per heavy atom. The molecule has 0 amide bonds. The maximum absolute atomic E-state index is 3.54. The highest BCUT2D eigenvalue weighted by Crippen LogP contribution is 2.30. The van der Waals surface area contributed by atoms with Gasteiger partial charge < -0.3 is 5.32 Å². The quantitative estimate of drug-likeness (QED) is 0.613. The fraction of sp³-hybridized carbons (Fsp3) is 0.375. The minimum absolute atomic E-state index is 0.423. The van der Waals surface area contributed by atoms with Gasteiger partial charge in [-0.2, -0.15) is 0 Å². The van der Waals surface area contributed by atoms with Crippen molar-refractivity contribution >= 4 is 39.0 Å². The van der Waals surface area contributed by atoms with Crippen LogP contribution < -0.4 is 5.32 Å². The molecule has 0 spiro atoms. The molecule has 0 saturated heterocycles. The van der Waals surface area contributed by atoms with Crippen molar-refractivity contribution in [1.82, 2.24) is 5.32 Å². The van der Waals surface area contributed by atoms with Gasteiger partial charge in [-0.3, -0.25) is 0 Å². The van der Waals surface area contributed by atoms with Crippen LogP contribution in [0.1, 0.15) is 36.8 Å². The van der Waals surface area contributed by atoms with Gasteiger partial charge in [0.05, 0.1) is 3.79 Å². The summed E-state index contributed by atoms with van der Waals surface area (Å²) in [5.74, 6) is 1.04. The molecular weight excluding hydrogens is 350 g/mol. The van der Waals surface area contributed by atoms with Crippen LogP contribution in [0.15, 0.2) is 45.1 Å². The molecule has 1 atom stereocenters. The molecule has 108 valence electrons. The number of halogens is 1.